The van der Waals surface area contributed by atoms with Gasteiger partial charge >= 0.3 is 0 Å². The summed E-state index contributed by atoms with van der Waals surface area (Å²) in [5.74, 6) is -0.115. The number of amides is 1. The second kappa shape index (κ2) is 5.63. The Kier molecular flexibility index (Phi) is 3.52. The highest BCUT2D eigenvalue weighted by atomic mass is 32.1. The molecule has 3 aromatic rings. The Hall–Kier alpha value is -2.53. The van der Waals surface area contributed by atoms with Crippen molar-refractivity contribution in [3.8, 4) is 11.3 Å². The van der Waals surface area contributed by atoms with Gasteiger partial charge in [-0.2, -0.15) is 0 Å². The van der Waals surface area contributed by atoms with Crippen molar-refractivity contribution in [2.24, 2.45) is 0 Å². The van der Waals surface area contributed by atoms with Gasteiger partial charge < -0.3 is 5.32 Å². The lowest BCUT2D eigenvalue weighted by molar-refractivity contribution is 0.103. The standard InChI is InChI=1S/C15H11N3OS/c19-15(14-4-2-8-20-14)18-12-5-6-13(17-10-12)11-3-1-7-16-9-11/h1-10H,(H,18,19). The molecule has 0 aliphatic heterocycles. The van der Waals surface area contributed by atoms with Crippen LogP contribution in [0.4, 0.5) is 5.69 Å². The smallest absolute Gasteiger partial charge is 0.265 e. The highest BCUT2D eigenvalue weighted by molar-refractivity contribution is 7.12. The summed E-state index contributed by atoms with van der Waals surface area (Å²) in [5, 5.41) is 4.69. The molecule has 1 amide bonds. The van der Waals surface area contributed by atoms with Crippen LogP contribution in [-0.4, -0.2) is 15.9 Å². The third-order valence-electron chi connectivity index (χ3n) is 2.72. The minimum atomic E-state index is -0.115. The number of nitrogens with one attached hydrogen (secondary N) is 1. The molecule has 0 aliphatic carbocycles. The molecule has 0 aliphatic rings. The van der Waals surface area contributed by atoms with Gasteiger partial charge in [-0.05, 0) is 35.7 Å². The largest absolute Gasteiger partial charge is 0.320 e. The first-order valence-corrected chi connectivity index (χ1v) is 6.92. The van der Waals surface area contributed by atoms with Gasteiger partial charge in [-0.1, -0.05) is 6.07 Å². The maximum absolute atomic E-state index is 11.9. The van der Waals surface area contributed by atoms with Crippen LogP contribution in [0.3, 0.4) is 0 Å². The van der Waals surface area contributed by atoms with Crippen LogP contribution in [0.5, 0.6) is 0 Å². The van der Waals surface area contributed by atoms with Crippen molar-refractivity contribution < 1.29 is 4.79 Å². The van der Waals surface area contributed by atoms with Crippen LogP contribution in [0.25, 0.3) is 11.3 Å². The summed E-state index contributed by atoms with van der Waals surface area (Å²) in [6.45, 7) is 0. The van der Waals surface area contributed by atoms with Crippen molar-refractivity contribution in [2.45, 2.75) is 0 Å². The van der Waals surface area contributed by atoms with E-state index in [9.17, 15) is 4.79 Å². The molecular formula is C15H11N3OS. The van der Waals surface area contributed by atoms with Crippen molar-refractivity contribution in [3.05, 3.63) is 65.2 Å². The number of anilines is 1. The number of hydrogen-bond acceptors (Lipinski definition) is 4. The van der Waals surface area contributed by atoms with Crippen LogP contribution in [0.1, 0.15) is 9.67 Å². The fraction of sp³-hybridized carbons (Fsp3) is 0. The maximum atomic E-state index is 11.9. The fourth-order valence-electron chi connectivity index (χ4n) is 1.75. The summed E-state index contributed by atoms with van der Waals surface area (Å²) < 4.78 is 0. The van der Waals surface area contributed by atoms with Gasteiger partial charge in [-0.15, -0.1) is 11.3 Å². The zero-order valence-electron chi connectivity index (χ0n) is 10.5. The quantitative estimate of drug-likeness (QED) is 0.800. The van der Waals surface area contributed by atoms with E-state index in [-0.39, 0.29) is 5.91 Å². The van der Waals surface area contributed by atoms with Gasteiger partial charge in [0.25, 0.3) is 5.91 Å². The normalized spacial score (nSPS) is 10.2. The monoisotopic (exact) mass is 281 g/mol. The van der Waals surface area contributed by atoms with Gasteiger partial charge in [0, 0.05) is 18.0 Å². The summed E-state index contributed by atoms with van der Waals surface area (Å²) in [5.41, 5.74) is 2.45. The average Bonchev–Trinajstić information content (AvgIpc) is 3.03. The molecule has 0 unspecified atom stereocenters. The van der Waals surface area contributed by atoms with Crippen molar-refractivity contribution in [1.82, 2.24) is 9.97 Å². The van der Waals surface area contributed by atoms with Crippen molar-refractivity contribution in [1.29, 1.82) is 0 Å². The lowest BCUT2D eigenvalue weighted by atomic mass is 10.2. The van der Waals surface area contributed by atoms with Crippen molar-refractivity contribution >= 4 is 22.9 Å². The Morgan fingerprint density at radius 1 is 1.10 bits per heavy atom. The van der Waals surface area contributed by atoms with Crippen LogP contribution in [-0.2, 0) is 0 Å². The summed E-state index contributed by atoms with van der Waals surface area (Å²) >= 11 is 1.41. The number of carbonyl (C=O) groups is 1. The molecule has 4 nitrogen and oxygen atoms in total. The van der Waals surface area contributed by atoms with Gasteiger partial charge in [0.05, 0.1) is 22.5 Å². The minimum Gasteiger partial charge on any atom is -0.320 e. The van der Waals surface area contributed by atoms with Crippen LogP contribution in [0.15, 0.2) is 60.4 Å². The maximum Gasteiger partial charge on any atom is 0.265 e. The van der Waals surface area contributed by atoms with Gasteiger partial charge in [-0.3, -0.25) is 14.8 Å². The van der Waals surface area contributed by atoms with E-state index in [0.29, 0.717) is 10.6 Å². The van der Waals surface area contributed by atoms with Crippen LogP contribution < -0.4 is 5.32 Å². The van der Waals surface area contributed by atoms with Gasteiger partial charge in [0.1, 0.15) is 0 Å². The molecule has 98 valence electrons. The predicted molar refractivity (Wildman–Crippen MR) is 79.7 cm³/mol. The number of nitrogens with zero attached hydrogens (tertiary/aromatic N) is 2. The third-order valence-corrected chi connectivity index (χ3v) is 3.59. The van der Waals surface area contributed by atoms with E-state index in [1.54, 1.807) is 24.7 Å². The lowest BCUT2D eigenvalue weighted by Crippen LogP contribution is -2.10. The van der Waals surface area contributed by atoms with Crippen molar-refractivity contribution in [3.63, 3.8) is 0 Å². The lowest BCUT2D eigenvalue weighted by Gasteiger charge is -2.04. The number of rotatable bonds is 3. The molecule has 0 atom stereocenters. The minimum absolute atomic E-state index is 0.115. The molecule has 0 spiro atoms. The topological polar surface area (TPSA) is 54.9 Å². The van der Waals surface area contributed by atoms with E-state index >= 15 is 0 Å². The average molecular weight is 281 g/mol. The van der Waals surface area contributed by atoms with E-state index in [1.807, 2.05) is 35.7 Å². The molecule has 0 saturated carbocycles. The molecule has 0 bridgehead atoms. The first kappa shape index (κ1) is 12.5. The van der Waals surface area contributed by atoms with Crippen LogP contribution in [0.2, 0.25) is 0 Å². The molecule has 0 aromatic carbocycles. The molecule has 0 radical (unpaired) electrons. The first-order valence-electron chi connectivity index (χ1n) is 6.04. The van der Waals surface area contributed by atoms with Gasteiger partial charge in [0.15, 0.2) is 0 Å². The highest BCUT2D eigenvalue weighted by Crippen LogP contribution is 2.18. The first-order chi connectivity index (χ1) is 9.83. The highest BCUT2D eigenvalue weighted by Gasteiger charge is 2.07. The van der Waals surface area contributed by atoms with Crippen LogP contribution >= 0.6 is 11.3 Å². The molecule has 1 N–H and O–H groups in total. The van der Waals surface area contributed by atoms with Gasteiger partial charge in [0.2, 0.25) is 0 Å². The number of aromatic nitrogens is 2. The molecule has 20 heavy (non-hydrogen) atoms. The molecule has 0 fully saturated rings. The van der Waals surface area contributed by atoms with Crippen LogP contribution in [0, 0.1) is 0 Å². The van der Waals surface area contributed by atoms with Crippen molar-refractivity contribution in [2.75, 3.05) is 5.32 Å². The Labute approximate surface area is 120 Å². The second-order valence-electron chi connectivity index (χ2n) is 4.11. The number of thiophene rings is 1. The van der Waals surface area contributed by atoms with E-state index in [2.05, 4.69) is 15.3 Å². The summed E-state index contributed by atoms with van der Waals surface area (Å²) in [4.78, 5) is 21.0. The molecule has 5 heteroatoms. The summed E-state index contributed by atoms with van der Waals surface area (Å²) in [7, 11) is 0. The Morgan fingerprint density at radius 3 is 2.70 bits per heavy atom. The predicted octanol–water partition coefficient (Wildman–Crippen LogP) is 3.46. The molecule has 3 aromatic heterocycles. The summed E-state index contributed by atoms with van der Waals surface area (Å²) in [6.07, 6.45) is 5.12. The van der Waals surface area contributed by atoms with E-state index < -0.39 is 0 Å². The third kappa shape index (κ3) is 2.73. The number of hydrogen-bond donors (Lipinski definition) is 1. The Balaban J connectivity index is 1.75. The fourth-order valence-corrected chi connectivity index (χ4v) is 2.37. The van der Waals surface area contributed by atoms with E-state index in [4.69, 9.17) is 0 Å². The molecule has 3 heterocycles. The zero-order valence-corrected chi connectivity index (χ0v) is 11.3. The molecule has 0 saturated heterocycles. The van der Waals surface area contributed by atoms with E-state index in [1.165, 1.54) is 11.3 Å². The second-order valence-corrected chi connectivity index (χ2v) is 5.05. The molecule has 3 rings (SSSR count). The Morgan fingerprint density at radius 2 is 2.05 bits per heavy atom. The Bertz CT molecular complexity index is 694. The van der Waals surface area contributed by atoms with E-state index in [0.717, 1.165) is 11.3 Å². The number of carbonyl (C=O) groups excluding carboxylic acids is 1. The van der Waals surface area contributed by atoms with Gasteiger partial charge in [-0.25, -0.2) is 0 Å². The zero-order chi connectivity index (χ0) is 13.8. The number of pyridine rings is 2. The molecular weight excluding hydrogens is 270 g/mol. The summed E-state index contributed by atoms with van der Waals surface area (Å²) in [6, 6.07) is 11.1. The SMILES string of the molecule is O=C(Nc1ccc(-c2cccnc2)nc1)c1cccs1.